The van der Waals surface area contributed by atoms with E-state index >= 15 is 0 Å². The monoisotopic (exact) mass is 238 g/mol. The second-order valence-electron chi connectivity index (χ2n) is 3.44. The van der Waals surface area contributed by atoms with Crippen LogP contribution in [-0.2, 0) is 4.74 Å². The lowest BCUT2D eigenvalue weighted by Gasteiger charge is -2.07. The van der Waals surface area contributed by atoms with Crippen LogP contribution < -0.4 is 11.1 Å². The molecule has 1 rings (SSSR count). The molecular weight excluding hydrogens is 224 g/mol. The number of ether oxygens (including phenoxy) is 1. The van der Waals surface area contributed by atoms with Crippen molar-refractivity contribution in [2.24, 2.45) is 5.73 Å². The van der Waals surface area contributed by atoms with Gasteiger partial charge < -0.3 is 20.9 Å². The highest BCUT2D eigenvalue weighted by Gasteiger charge is 2.10. The van der Waals surface area contributed by atoms with E-state index in [0.717, 1.165) is 5.56 Å². The molecule has 0 aliphatic carbocycles. The fourth-order valence-corrected chi connectivity index (χ4v) is 1.25. The van der Waals surface area contributed by atoms with Crippen LogP contribution in [-0.4, -0.2) is 30.3 Å². The van der Waals surface area contributed by atoms with E-state index in [1.54, 1.807) is 6.07 Å². The molecule has 0 radical (unpaired) electrons. The number of hydrogen-bond donors (Lipinski definition) is 3. The Morgan fingerprint density at radius 3 is 2.76 bits per heavy atom. The summed E-state index contributed by atoms with van der Waals surface area (Å²) in [6.07, 6.45) is -0.891. The Hall–Kier alpha value is -2.24. The molecule has 2 amide bonds. The summed E-state index contributed by atoms with van der Waals surface area (Å²) in [5.74, 6) is -0.520. The molecule has 0 heterocycles. The molecule has 0 saturated carbocycles. The highest BCUT2D eigenvalue weighted by Crippen LogP contribution is 2.17. The number of nitrogens with two attached hydrogens (primary N) is 1. The summed E-state index contributed by atoms with van der Waals surface area (Å²) in [5.41, 5.74) is 5.78. The SMILES string of the molecule is Cc1ccc(C(=O)NCCOC(N)=O)c(O)c1. The minimum Gasteiger partial charge on any atom is -0.507 e. The molecule has 6 nitrogen and oxygen atoms in total. The van der Waals surface area contributed by atoms with Gasteiger partial charge in [-0.15, -0.1) is 0 Å². The molecule has 0 bridgehead atoms. The Kier molecular flexibility index (Phi) is 4.33. The molecule has 17 heavy (non-hydrogen) atoms. The van der Waals surface area contributed by atoms with Gasteiger partial charge in [-0.3, -0.25) is 4.79 Å². The molecule has 0 unspecified atom stereocenters. The van der Waals surface area contributed by atoms with Crippen LogP contribution in [0.4, 0.5) is 4.79 Å². The molecule has 0 saturated heterocycles. The van der Waals surface area contributed by atoms with Gasteiger partial charge in [0, 0.05) is 0 Å². The van der Waals surface area contributed by atoms with Crippen molar-refractivity contribution < 1.29 is 19.4 Å². The Morgan fingerprint density at radius 2 is 2.18 bits per heavy atom. The molecule has 1 aromatic carbocycles. The van der Waals surface area contributed by atoms with Crippen LogP contribution >= 0.6 is 0 Å². The zero-order chi connectivity index (χ0) is 12.8. The smallest absolute Gasteiger partial charge is 0.404 e. The van der Waals surface area contributed by atoms with Gasteiger partial charge in [0.2, 0.25) is 0 Å². The van der Waals surface area contributed by atoms with E-state index in [9.17, 15) is 14.7 Å². The van der Waals surface area contributed by atoms with Gasteiger partial charge in [0.1, 0.15) is 12.4 Å². The van der Waals surface area contributed by atoms with Crippen LogP contribution in [0.2, 0.25) is 0 Å². The Balaban J connectivity index is 2.50. The Labute approximate surface area is 98.4 Å². The van der Waals surface area contributed by atoms with Gasteiger partial charge in [-0.25, -0.2) is 4.79 Å². The summed E-state index contributed by atoms with van der Waals surface area (Å²) in [6, 6.07) is 4.73. The summed E-state index contributed by atoms with van der Waals surface area (Å²) in [5, 5.41) is 12.0. The van der Waals surface area contributed by atoms with Gasteiger partial charge in [-0.2, -0.15) is 0 Å². The molecule has 0 aromatic heterocycles. The van der Waals surface area contributed by atoms with Crippen LogP contribution in [0.15, 0.2) is 18.2 Å². The largest absolute Gasteiger partial charge is 0.507 e. The lowest BCUT2D eigenvalue weighted by atomic mass is 10.1. The lowest BCUT2D eigenvalue weighted by molar-refractivity contribution is 0.0934. The van der Waals surface area contributed by atoms with E-state index < -0.39 is 12.0 Å². The Bertz CT molecular complexity index is 431. The van der Waals surface area contributed by atoms with Crippen molar-refractivity contribution in [1.29, 1.82) is 0 Å². The highest BCUT2D eigenvalue weighted by atomic mass is 16.5. The average molecular weight is 238 g/mol. The first-order chi connectivity index (χ1) is 8.00. The van der Waals surface area contributed by atoms with E-state index in [1.807, 2.05) is 6.92 Å². The van der Waals surface area contributed by atoms with Gasteiger partial charge in [-0.1, -0.05) is 6.07 Å². The molecule has 4 N–H and O–H groups in total. The van der Waals surface area contributed by atoms with E-state index in [0.29, 0.717) is 0 Å². The fourth-order valence-electron chi connectivity index (χ4n) is 1.25. The van der Waals surface area contributed by atoms with Crippen LogP contribution in [0.3, 0.4) is 0 Å². The van der Waals surface area contributed by atoms with Gasteiger partial charge in [-0.05, 0) is 24.6 Å². The van der Waals surface area contributed by atoms with Crippen molar-refractivity contribution in [3.8, 4) is 5.75 Å². The summed E-state index contributed by atoms with van der Waals surface area (Å²) in [7, 11) is 0. The lowest BCUT2D eigenvalue weighted by Crippen LogP contribution is -2.29. The molecule has 0 spiro atoms. The molecule has 0 atom stereocenters. The Morgan fingerprint density at radius 1 is 1.47 bits per heavy atom. The molecule has 0 fully saturated rings. The molecule has 6 heteroatoms. The second-order valence-corrected chi connectivity index (χ2v) is 3.44. The van der Waals surface area contributed by atoms with Crippen molar-refractivity contribution in [1.82, 2.24) is 5.32 Å². The van der Waals surface area contributed by atoms with Crippen molar-refractivity contribution in [3.05, 3.63) is 29.3 Å². The first-order valence-corrected chi connectivity index (χ1v) is 5.00. The van der Waals surface area contributed by atoms with Gasteiger partial charge in [0.15, 0.2) is 0 Å². The molecule has 92 valence electrons. The quantitative estimate of drug-likeness (QED) is 0.666. The summed E-state index contributed by atoms with van der Waals surface area (Å²) < 4.78 is 4.44. The number of carbonyl (C=O) groups is 2. The normalized spacial score (nSPS) is 9.71. The predicted octanol–water partition coefficient (Wildman–Crippen LogP) is 0.526. The van der Waals surface area contributed by atoms with E-state index in [2.05, 4.69) is 10.1 Å². The zero-order valence-corrected chi connectivity index (χ0v) is 9.40. The van der Waals surface area contributed by atoms with Crippen LogP contribution in [0, 0.1) is 6.92 Å². The zero-order valence-electron chi connectivity index (χ0n) is 9.40. The minimum atomic E-state index is -0.891. The maximum absolute atomic E-state index is 11.6. The van der Waals surface area contributed by atoms with Crippen molar-refractivity contribution in [3.63, 3.8) is 0 Å². The number of hydrogen-bond acceptors (Lipinski definition) is 4. The molecule has 1 aromatic rings. The van der Waals surface area contributed by atoms with Crippen molar-refractivity contribution >= 4 is 12.0 Å². The van der Waals surface area contributed by atoms with Crippen LogP contribution in [0.25, 0.3) is 0 Å². The number of phenolic OH excluding ortho intramolecular Hbond substituents is 1. The number of phenols is 1. The third-order valence-electron chi connectivity index (χ3n) is 2.03. The number of rotatable bonds is 4. The maximum atomic E-state index is 11.6. The number of aromatic hydroxyl groups is 1. The standard InChI is InChI=1S/C11H14N2O4/c1-7-2-3-8(9(14)6-7)10(15)13-4-5-17-11(12)16/h2-3,6,14H,4-5H2,1H3,(H2,12,16)(H,13,15). The number of carbonyl (C=O) groups excluding carboxylic acids is 2. The minimum absolute atomic E-state index is 0.00625. The van der Waals surface area contributed by atoms with E-state index in [1.165, 1.54) is 12.1 Å². The number of aryl methyl sites for hydroxylation is 1. The van der Waals surface area contributed by atoms with E-state index in [4.69, 9.17) is 5.73 Å². The topological polar surface area (TPSA) is 102 Å². The molecule has 0 aliphatic rings. The average Bonchev–Trinajstić information content (AvgIpc) is 2.23. The van der Waals surface area contributed by atoms with Crippen molar-refractivity contribution in [2.75, 3.05) is 13.2 Å². The highest BCUT2D eigenvalue weighted by molar-refractivity contribution is 5.96. The number of benzene rings is 1. The second kappa shape index (κ2) is 5.74. The van der Waals surface area contributed by atoms with Crippen LogP contribution in [0.5, 0.6) is 5.75 Å². The number of primary amides is 1. The maximum Gasteiger partial charge on any atom is 0.404 e. The summed E-state index contributed by atoms with van der Waals surface area (Å²) >= 11 is 0. The predicted molar refractivity (Wildman–Crippen MR) is 60.7 cm³/mol. The summed E-state index contributed by atoms with van der Waals surface area (Å²) in [4.78, 5) is 21.8. The van der Waals surface area contributed by atoms with Gasteiger partial charge >= 0.3 is 6.09 Å². The van der Waals surface area contributed by atoms with E-state index in [-0.39, 0.29) is 24.5 Å². The van der Waals surface area contributed by atoms with Crippen molar-refractivity contribution in [2.45, 2.75) is 6.92 Å². The number of nitrogens with one attached hydrogen (secondary N) is 1. The third kappa shape index (κ3) is 4.02. The fraction of sp³-hybridized carbons (Fsp3) is 0.273. The molecule has 0 aliphatic heterocycles. The number of amides is 2. The third-order valence-corrected chi connectivity index (χ3v) is 2.03. The first kappa shape index (κ1) is 12.8. The van der Waals surface area contributed by atoms with Gasteiger partial charge in [0.05, 0.1) is 12.1 Å². The van der Waals surface area contributed by atoms with Crippen LogP contribution in [0.1, 0.15) is 15.9 Å². The first-order valence-electron chi connectivity index (χ1n) is 5.00. The van der Waals surface area contributed by atoms with Gasteiger partial charge in [0.25, 0.3) is 5.91 Å². The molecular formula is C11H14N2O4. The summed E-state index contributed by atoms with van der Waals surface area (Å²) in [6.45, 7) is 1.94.